The van der Waals surface area contributed by atoms with Crippen molar-refractivity contribution in [1.29, 1.82) is 0 Å². The molecule has 4 heteroatoms. The lowest BCUT2D eigenvalue weighted by atomic mass is 9.81. The van der Waals surface area contributed by atoms with Crippen molar-refractivity contribution in [2.24, 2.45) is 11.3 Å². The number of carboxylic acid groups (broad SMARTS) is 1. The summed E-state index contributed by atoms with van der Waals surface area (Å²) < 4.78 is 5.38. The zero-order chi connectivity index (χ0) is 14.2. The highest BCUT2D eigenvalue weighted by molar-refractivity contribution is 5.76. The van der Waals surface area contributed by atoms with Crippen molar-refractivity contribution >= 4 is 5.97 Å². The Balaban J connectivity index is 1.76. The second-order valence-electron chi connectivity index (χ2n) is 6.03. The van der Waals surface area contributed by atoms with Gasteiger partial charge in [-0.05, 0) is 24.8 Å². The molecule has 2 atom stereocenters. The molecule has 0 radical (unpaired) electrons. The van der Waals surface area contributed by atoms with Gasteiger partial charge in [-0.15, -0.1) is 0 Å². The van der Waals surface area contributed by atoms with E-state index in [4.69, 9.17) is 4.74 Å². The second-order valence-corrected chi connectivity index (χ2v) is 6.03. The van der Waals surface area contributed by atoms with Crippen LogP contribution < -0.4 is 4.74 Å². The molecular weight excluding hydrogens is 254 g/mol. The van der Waals surface area contributed by atoms with Crippen LogP contribution in [-0.4, -0.2) is 36.2 Å². The molecule has 2 aliphatic rings. The summed E-state index contributed by atoms with van der Waals surface area (Å²) in [4.78, 5) is 13.9. The van der Waals surface area contributed by atoms with E-state index in [1.165, 1.54) is 0 Å². The molecular formula is C16H21NO3. The monoisotopic (exact) mass is 275 g/mol. The Morgan fingerprint density at radius 2 is 2.30 bits per heavy atom. The molecule has 1 heterocycles. The fourth-order valence-electron chi connectivity index (χ4n) is 3.94. The Morgan fingerprint density at radius 3 is 3.00 bits per heavy atom. The van der Waals surface area contributed by atoms with Gasteiger partial charge < -0.3 is 9.84 Å². The number of hydrogen-bond acceptors (Lipinski definition) is 3. The maximum absolute atomic E-state index is 11.7. The third kappa shape index (κ3) is 2.08. The predicted octanol–water partition coefficient (Wildman–Crippen LogP) is 2.38. The summed E-state index contributed by atoms with van der Waals surface area (Å²) in [7, 11) is 1.68. The summed E-state index contributed by atoms with van der Waals surface area (Å²) in [6, 6.07) is 7.97. The van der Waals surface area contributed by atoms with Crippen LogP contribution in [0.5, 0.6) is 5.75 Å². The van der Waals surface area contributed by atoms with Gasteiger partial charge in [0.2, 0.25) is 0 Å². The molecule has 0 spiro atoms. The number of carbonyl (C=O) groups is 1. The number of rotatable bonds is 4. The van der Waals surface area contributed by atoms with Gasteiger partial charge in [0.25, 0.3) is 0 Å². The van der Waals surface area contributed by atoms with Crippen molar-refractivity contribution in [2.75, 3.05) is 20.2 Å². The van der Waals surface area contributed by atoms with Gasteiger partial charge in [0.05, 0.1) is 12.5 Å². The molecule has 1 saturated heterocycles. The van der Waals surface area contributed by atoms with Gasteiger partial charge in [-0.25, -0.2) is 0 Å². The third-order valence-electron chi connectivity index (χ3n) is 4.95. The number of aliphatic carboxylic acids is 1. The number of para-hydroxylation sites is 1. The maximum atomic E-state index is 11.7. The summed E-state index contributed by atoms with van der Waals surface area (Å²) in [6.07, 6.45) is 2.93. The number of ether oxygens (including phenoxy) is 1. The van der Waals surface area contributed by atoms with E-state index in [1.54, 1.807) is 7.11 Å². The smallest absolute Gasteiger partial charge is 0.311 e. The van der Waals surface area contributed by atoms with E-state index in [0.717, 1.165) is 43.7 Å². The van der Waals surface area contributed by atoms with E-state index in [0.29, 0.717) is 12.5 Å². The van der Waals surface area contributed by atoms with Gasteiger partial charge in [0.1, 0.15) is 5.75 Å². The van der Waals surface area contributed by atoms with Crippen LogP contribution >= 0.6 is 0 Å². The average molecular weight is 275 g/mol. The number of fused-ring (bicyclic) bond motifs is 1. The normalized spacial score (nSPS) is 29.4. The van der Waals surface area contributed by atoms with Crippen LogP contribution in [0.1, 0.15) is 24.8 Å². The quantitative estimate of drug-likeness (QED) is 0.916. The summed E-state index contributed by atoms with van der Waals surface area (Å²) in [5, 5.41) is 9.61. The van der Waals surface area contributed by atoms with E-state index in [2.05, 4.69) is 11.0 Å². The van der Waals surface area contributed by atoms with Gasteiger partial charge in [0, 0.05) is 25.2 Å². The van der Waals surface area contributed by atoms with E-state index in [9.17, 15) is 9.90 Å². The number of nitrogens with zero attached hydrogens (tertiary/aromatic N) is 1. The second kappa shape index (κ2) is 5.09. The highest BCUT2D eigenvalue weighted by Crippen LogP contribution is 2.49. The van der Waals surface area contributed by atoms with Crippen molar-refractivity contribution in [3.8, 4) is 5.75 Å². The number of methoxy groups -OCH3 is 1. The van der Waals surface area contributed by atoms with Crippen LogP contribution in [0.3, 0.4) is 0 Å². The molecule has 0 unspecified atom stereocenters. The molecule has 4 nitrogen and oxygen atoms in total. The largest absolute Gasteiger partial charge is 0.496 e. The van der Waals surface area contributed by atoms with Gasteiger partial charge in [-0.3, -0.25) is 9.69 Å². The number of likely N-dealkylation sites (tertiary alicyclic amines) is 1. The molecule has 0 bridgehead atoms. The highest BCUT2D eigenvalue weighted by atomic mass is 16.5. The molecule has 1 N–H and O–H groups in total. The van der Waals surface area contributed by atoms with Crippen LogP contribution in [0.25, 0.3) is 0 Å². The lowest BCUT2D eigenvalue weighted by Gasteiger charge is -2.23. The van der Waals surface area contributed by atoms with Crippen molar-refractivity contribution in [3.63, 3.8) is 0 Å². The van der Waals surface area contributed by atoms with E-state index in [-0.39, 0.29) is 0 Å². The standard InChI is InChI=1S/C16H21NO3/c1-20-14-7-3-2-5-12(14)9-17-10-13-6-4-8-16(13,11-17)15(18)19/h2-3,5,7,13H,4,6,8-11H2,1H3,(H,18,19)/t13-,16+/m0/s1. The minimum atomic E-state index is -0.609. The third-order valence-corrected chi connectivity index (χ3v) is 4.95. The first-order valence-corrected chi connectivity index (χ1v) is 7.23. The van der Waals surface area contributed by atoms with Gasteiger partial charge in [0.15, 0.2) is 0 Å². The molecule has 2 fully saturated rings. The molecule has 0 aromatic heterocycles. The average Bonchev–Trinajstić information content (AvgIpc) is 2.97. The molecule has 3 rings (SSSR count). The first-order chi connectivity index (χ1) is 9.65. The molecule has 1 aliphatic heterocycles. The molecule has 20 heavy (non-hydrogen) atoms. The Bertz CT molecular complexity index is 516. The topological polar surface area (TPSA) is 49.8 Å². The number of carboxylic acids is 1. The van der Waals surface area contributed by atoms with E-state index in [1.807, 2.05) is 18.2 Å². The zero-order valence-corrected chi connectivity index (χ0v) is 11.8. The van der Waals surface area contributed by atoms with Crippen LogP contribution in [0, 0.1) is 11.3 Å². The molecule has 1 aromatic rings. The van der Waals surface area contributed by atoms with Crippen molar-refractivity contribution in [1.82, 2.24) is 4.90 Å². The fourth-order valence-corrected chi connectivity index (χ4v) is 3.94. The molecule has 1 aliphatic carbocycles. The predicted molar refractivity (Wildman–Crippen MR) is 75.7 cm³/mol. The zero-order valence-electron chi connectivity index (χ0n) is 11.8. The first-order valence-electron chi connectivity index (χ1n) is 7.23. The Kier molecular flexibility index (Phi) is 3.42. The molecule has 1 aromatic carbocycles. The van der Waals surface area contributed by atoms with Gasteiger partial charge >= 0.3 is 5.97 Å². The fraction of sp³-hybridized carbons (Fsp3) is 0.562. The summed E-state index contributed by atoms with van der Waals surface area (Å²) in [5.74, 6) is 0.589. The van der Waals surface area contributed by atoms with Gasteiger partial charge in [-0.2, -0.15) is 0 Å². The van der Waals surface area contributed by atoms with Crippen LogP contribution in [0.4, 0.5) is 0 Å². The summed E-state index contributed by atoms with van der Waals surface area (Å²) in [5.41, 5.74) is 0.637. The lowest BCUT2D eigenvalue weighted by molar-refractivity contribution is -0.149. The highest BCUT2D eigenvalue weighted by Gasteiger charge is 2.54. The van der Waals surface area contributed by atoms with Crippen LogP contribution in [0.2, 0.25) is 0 Å². The maximum Gasteiger partial charge on any atom is 0.311 e. The van der Waals surface area contributed by atoms with Crippen LogP contribution in [-0.2, 0) is 11.3 Å². The van der Waals surface area contributed by atoms with Crippen molar-refractivity contribution < 1.29 is 14.6 Å². The minimum absolute atomic E-state index is 0.315. The van der Waals surface area contributed by atoms with Gasteiger partial charge in [-0.1, -0.05) is 24.6 Å². The lowest BCUT2D eigenvalue weighted by Crippen LogP contribution is -2.35. The first kappa shape index (κ1) is 13.4. The van der Waals surface area contributed by atoms with Crippen molar-refractivity contribution in [2.45, 2.75) is 25.8 Å². The molecule has 0 amide bonds. The summed E-state index contributed by atoms with van der Waals surface area (Å²) in [6.45, 7) is 2.34. The Labute approximate surface area is 119 Å². The number of hydrogen-bond donors (Lipinski definition) is 1. The van der Waals surface area contributed by atoms with Crippen molar-refractivity contribution in [3.05, 3.63) is 29.8 Å². The number of benzene rings is 1. The van der Waals surface area contributed by atoms with Crippen LogP contribution in [0.15, 0.2) is 24.3 Å². The molecule has 1 saturated carbocycles. The Hall–Kier alpha value is -1.55. The minimum Gasteiger partial charge on any atom is -0.496 e. The SMILES string of the molecule is COc1ccccc1CN1C[C@@H]2CCC[C@@]2(C(=O)O)C1. The molecule has 108 valence electrons. The Morgan fingerprint density at radius 1 is 1.50 bits per heavy atom. The van der Waals surface area contributed by atoms with E-state index < -0.39 is 11.4 Å². The summed E-state index contributed by atoms with van der Waals surface area (Å²) >= 11 is 0. The van der Waals surface area contributed by atoms with E-state index >= 15 is 0 Å².